The fraction of sp³-hybridized carbons (Fsp3) is 0.500. The molecule has 0 spiro atoms. The van der Waals surface area contributed by atoms with Crippen LogP contribution >= 0.6 is 0 Å². The first-order chi connectivity index (χ1) is 18.6. The number of carboxylic acid groups (broad SMARTS) is 2. The van der Waals surface area contributed by atoms with Crippen molar-refractivity contribution in [3.8, 4) is 11.5 Å². The van der Waals surface area contributed by atoms with Gasteiger partial charge < -0.3 is 44.5 Å². The maximum atomic E-state index is 11.9. The SMILES string of the molecule is C[C@@H]1O[C@@H](OC2CCCCC2Oc2cc(O[C@@H](Cc3ccccc3)C(=O)O)cc(C(=O)O)c2)[C@@H](O)[C@H](O)[C@@H]1O. The van der Waals surface area contributed by atoms with Crippen molar-refractivity contribution in [2.45, 2.75) is 88.0 Å². The Balaban J connectivity index is 1.51. The normalized spacial score (nSPS) is 29.8. The molecule has 1 aliphatic carbocycles. The van der Waals surface area contributed by atoms with Gasteiger partial charge >= 0.3 is 11.9 Å². The summed E-state index contributed by atoms with van der Waals surface area (Å²) >= 11 is 0. The summed E-state index contributed by atoms with van der Waals surface area (Å²) in [6, 6.07) is 12.9. The zero-order valence-corrected chi connectivity index (χ0v) is 21.5. The van der Waals surface area contributed by atoms with Gasteiger partial charge in [0.15, 0.2) is 12.4 Å². The van der Waals surface area contributed by atoms with Crippen LogP contribution in [0.4, 0.5) is 0 Å². The smallest absolute Gasteiger partial charge is 0.345 e. The van der Waals surface area contributed by atoms with E-state index in [1.807, 2.05) is 6.07 Å². The number of aliphatic hydroxyl groups is 3. The minimum atomic E-state index is -1.47. The Bertz CT molecular complexity index is 1120. The van der Waals surface area contributed by atoms with Gasteiger partial charge in [-0.2, -0.15) is 0 Å². The van der Waals surface area contributed by atoms with Crippen LogP contribution in [0.2, 0.25) is 0 Å². The van der Waals surface area contributed by atoms with E-state index in [4.69, 9.17) is 18.9 Å². The van der Waals surface area contributed by atoms with Crippen LogP contribution in [0, 0.1) is 0 Å². The number of benzene rings is 2. The lowest BCUT2D eigenvalue weighted by atomic mass is 9.94. The van der Waals surface area contributed by atoms with E-state index in [0.29, 0.717) is 12.8 Å². The number of hydrogen-bond donors (Lipinski definition) is 5. The number of aliphatic hydroxyl groups excluding tert-OH is 3. The summed E-state index contributed by atoms with van der Waals surface area (Å²) in [6.45, 7) is 1.56. The van der Waals surface area contributed by atoms with Gasteiger partial charge in [-0.3, -0.25) is 0 Å². The highest BCUT2D eigenvalue weighted by molar-refractivity contribution is 5.88. The second kappa shape index (κ2) is 12.8. The van der Waals surface area contributed by atoms with Gasteiger partial charge in [0.1, 0.15) is 35.9 Å². The third kappa shape index (κ3) is 7.25. The summed E-state index contributed by atoms with van der Waals surface area (Å²) in [5.41, 5.74) is 0.605. The van der Waals surface area contributed by atoms with Crippen molar-refractivity contribution in [1.82, 2.24) is 0 Å². The molecule has 2 aromatic rings. The van der Waals surface area contributed by atoms with Crippen molar-refractivity contribution in [1.29, 1.82) is 0 Å². The molecule has 0 bridgehead atoms. The van der Waals surface area contributed by atoms with Crippen molar-refractivity contribution in [3.05, 3.63) is 59.7 Å². The Morgan fingerprint density at radius 2 is 1.59 bits per heavy atom. The fourth-order valence-electron chi connectivity index (χ4n) is 4.83. The molecule has 0 aromatic heterocycles. The van der Waals surface area contributed by atoms with Crippen molar-refractivity contribution in [2.75, 3.05) is 0 Å². The van der Waals surface area contributed by atoms with E-state index < -0.39 is 61.0 Å². The molecule has 8 atom stereocenters. The van der Waals surface area contributed by atoms with Crippen LogP contribution in [-0.4, -0.2) is 86.5 Å². The first-order valence-electron chi connectivity index (χ1n) is 13.0. The van der Waals surface area contributed by atoms with Crippen LogP contribution in [-0.2, 0) is 20.7 Å². The lowest BCUT2D eigenvalue weighted by Gasteiger charge is -2.42. The summed E-state index contributed by atoms with van der Waals surface area (Å²) in [5, 5.41) is 49.8. The Morgan fingerprint density at radius 3 is 2.26 bits per heavy atom. The minimum absolute atomic E-state index is 0.0264. The molecule has 1 heterocycles. The Hall–Kier alpha value is -3.22. The van der Waals surface area contributed by atoms with Gasteiger partial charge in [-0.1, -0.05) is 36.8 Å². The summed E-state index contributed by atoms with van der Waals surface area (Å²) in [5.74, 6) is -2.26. The van der Waals surface area contributed by atoms with E-state index in [2.05, 4.69) is 0 Å². The first-order valence-corrected chi connectivity index (χ1v) is 13.0. The van der Waals surface area contributed by atoms with Crippen molar-refractivity contribution >= 4 is 11.9 Å². The van der Waals surface area contributed by atoms with Gasteiger partial charge in [0, 0.05) is 12.5 Å². The molecule has 212 valence electrons. The summed E-state index contributed by atoms with van der Waals surface area (Å²) in [4.78, 5) is 23.7. The van der Waals surface area contributed by atoms with E-state index in [9.17, 15) is 35.1 Å². The molecular formula is C28H34O11. The van der Waals surface area contributed by atoms with Crippen LogP contribution < -0.4 is 9.47 Å². The Morgan fingerprint density at radius 1 is 0.923 bits per heavy atom. The number of carboxylic acids is 2. The standard InChI is InChI=1S/C28H34O11/c1-15-23(29)24(30)25(31)28(36-15)39-21-10-6-5-9-20(21)37-18-12-17(26(32)33)13-19(14-18)38-22(27(34)35)11-16-7-3-2-4-8-16/h2-4,7-8,12-15,20-25,28-31H,5-6,9-11H2,1H3,(H,32,33)(H,34,35)/t15-,20?,21?,22-,23+,24+,25-,28-/m0/s1. The van der Waals surface area contributed by atoms with E-state index in [-0.39, 0.29) is 23.5 Å². The van der Waals surface area contributed by atoms with E-state index in [1.54, 1.807) is 31.2 Å². The highest BCUT2D eigenvalue weighted by Crippen LogP contribution is 2.32. The van der Waals surface area contributed by atoms with Crippen molar-refractivity contribution in [3.63, 3.8) is 0 Å². The van der Waals surface area contributed by atoms with Gasteiger partial charge in [0.05, 0.1) is 17.8 Å². The molecule has 0 radical (unpaired) electrons. The lowest BCUT2D eigenvalue weighted by molar-refractivity contribution is -0.311. The van der Waals surface area contributed by atoms with E-state index in [1.165, 1.54) is 18.2 Å². The molecule has 0 amide bonds. The third-order valence-electron chi connectivity index (χ3n) is 6.99. The van der Waals surface area contributed by atoms with E-state index in [0.717, 1.165) is 18.4 Å². The average Bonchev–Trinajstić information content (AvgIpc) is 2.91. The van der Waals surface area contributed by atoms with E-state index >= 15 is 0 Å². The van der Waals surface area contributed by atoms with Crippen LogP contribution in [0.5, 0.6) is 11.5 Å². The van der Waals surface area contributed by atoms with Crippen LogP contribution in [0.3, 0.4) is 0 Å². The summed E-state index contributed by atoms with van der Waals surface area (Å²) in [6.07, 6.45) is -5.65. The largest absolute Gasteiger partial charge is 0.488 e. The number of ether oxygens (including phenoxy) is 4. The third-order valence-corrected chi connectivity index (χ3v) is 6.99. The maximum Gasteiger partial charge on any atom is 0.345 e. The number of carbonyl (C=O) groups is 2. The molecule has 11 nitrogen and oxygen atoms in total. The second-order valence-electron chi connectivity index (χ2n) is 9.93. The number of aromatic carboxylic acids is 1. The molecule has 4 rings (SSSR count). The lowest BCUT2D eigenvalue weighted by Crippen LogP contribution is -2.58. The van der Waals surface area contributed by atoms with Gasteiger partial charge in [0.2, 0.25) is 0 Å². The highest BCUT2D eigenvalue weighted by Gasteiger charge is 2.44. The molecule has 1 aliphatic heterocycles. The van der Waals surface area contributed by atoms with Gasteiger partial charge in [-0.05, 0) is 43.9 Å². The molecule has 2 aliphatic rings. The highest BCUT2D eigenvalue weighted by atomic mass is 16.7. The monoisotopic (exact) mass is 546 g/mol. The summed E-state index contributed by atoms with van der Waals surface area (Å²) in [7, 11) is 0. The molecule has 1 saturated heterocycles. The van der Waals surface area contributed by atoms with Gasteiger partial charge in [-0.15, -0.1) is 0 Å². The molecule has 2 unspecified atom stereocenters. The zero-order chi connectivity index (χ0) is 28.1. The molecule has 2 aromatic carbocycles. The van der Waals surface area contributed by atoms with Gasteiger partial charge in [0.25, 0.3) is 0 Å². The number of aliphatic carboxylic acids is 1. The quantitative estimate of drug-likeness (QED) is 0.295. The average molecular weight is 547 g/mol. The van der Waals surface area contributed by atoms with Crippen molar-refractivity contribution in [2.24, 2.45) is 0 Å². The first kappa shape index (κ1) is 28.8. The molecule has 1 saturated carbocycles. The Kier molecular flexibility index (Phi) is 9.41. The fourth-order valence-corrected chi connectivity index (χ4v) is 4.83. The zero-order valence-electron chi connectivity index (χ0n) is 21.5. The molecule has 11 heteroatoms. The summed E-state index contributed by atoms with van der Waals surface area (Å²) < 4.78 is 23.4. The van der Waals surface area contributed by atoms with Crippen LogP contribution in [0.15, 0.2) is 48.5 Å². The van der Waals surface area contributed by atoms with Crippen LogP contribution in [0.25, 0.3) is 0 Å². The Labute approximate surface area is 225 Å². The maximum absolute atomic E-state index is 11.9. The van der Waals surface area contributed by atoms with Gasteiger partial charge in [-0.25, -0.2) is 9.59 Å². The molecule has 2 fully saturated rings. The second-order valence-corrected chi connectivity index (χ2v) is 9.93. The van der Waals surface area contributed by atoms with Crippen molar-refractivity contribution < 1.29 is 54.1 Å². The predicted molar refractivity (Wildman–Crippen MR) is 136 cm³/mol. The molecule has 39 heavy (non-hydrogen) atoms. The predicted octanol–water partition coefficient (Wildman–Crippen LogP) is 1.99. The molecule has 5 N–H and O–H groups in total. The molecular weight excluding hydrogens is 512 g/mol. The minimum Gasteiger partial charge on any atom is -0.488 e. The number of rotatable bonds is 10. The van der Waals surface area contributed by atoms with Crippen LogP contribution in [0.1, 0.15) is 48.5 Å². The number of hydrogen-bond acceptors (Lipinski definition) is 9. The topological polar surface area (TPSA) is 172 Å².